The van der Waals surface area contributed by atoms with Gasteiger partial charge < -0.3 is 10.2 Å². The fourth-order valence-corrected chi connectivity index (χ4v) is 2.94. The monoisotopic (exact) mass is 179 g/mol. The van der Waals surface area contributed by atoms with Crippen LogP contribution in [0.3, 0.4) is 0 Å². The summed E-state index contributed by atoms with van der Waals surface area (Å²) in [4.78, 5) is 0. The highest BCUT2D eigenvalue weighted by Gasteiger charge is 2.42. The number of fused-ring (bicyclic) bond motifs is 2. The molecule has 2 aliphatic carbocycles. The Balaban J connectivity index is 1.87. The van der Waals surface area contributed by atoms with Crippen LogP contribution in [-0.2, 0) is 0 Å². The molecule has 0 radical (unpaired) electrons. The van der Waals surface area contributed by atoms with Crippen molar-refractivity contribution in [3.63, 3.8) is 0 Å². The molecule has 1 aromatic heterocycles. The number of aromatic nitrogens is 2. The van der Waals surface area contributed by atoms with Crippen molar-refractivity contribution in [2.24, 2.45) is 11.8 Å². The number of anilines is 1. The van der Waals surface area contributed by atoms with Crippen molar-refractivity contribution in [1.29, 1.82) is 0 Å². The molecule has 2 aliphatic rings. The minimum absolute atomic E-state index is 0.206. The van der Waals surface area contributed by atoms with Crippen molar-refractivity contribution in [3.8, 4) is 0 Å². The van der Waals surface area contributed by atoms with E-state index in [-0.39, 0.29) is 6.01 Å². The van der Waals surface area contributed by atoms with Crippen molar-refractivity contribution in [1.82, 2.24) is 10.2 Å². The highest BCUT2D eigenvalue weighted by molar-refractivity contribution is 5.10. The van der Waals surface area contributed by atoms with Gasteiger partial charge in [0.25, 0.3) is 0 Å². The van der Waals surface area contributed by atoms with Crippen LogP contribution in [0.5, 0.6) is 0 Å². The fourth-order valence-electron chi connectivity index (χ4n) is 2.94. The molecule has 2 bridgehead atoms. The maximum atomic E-state index is 5.40. The van der Waals surface area contributed by atoms with Crippen LogP contribution < -0.4 is 5.73 Å². The minimum atomic E-state index is 0.206. The fraction of sp³-hybridized carbons (Fsp3) is 0.778. The smallest absolute Gasteiger partial charge is 0.312 e. The highest BCUT2D eigenvalue weighted by atomic mass is 16.4. The molecular formula is C9H13N3O. The van der Waals surface area contributed by atoms with E-state index in [0.717, 1.165) is 17.7 Å². The van der Waals surface area contributed by atoms with Crippen molar-refractivity contribution in [3.05, 3.63) is 5.89 Å². The molecule has 2 saturated carbocycles. The Morgan fingerprint density at radius 3 is 2.69 bits per heavy atom. The summed E-state index contributed by atoms with van der Waals surface area (Å²) in [5.41, 5.74) is 5.40. The lowest BCUT2D eigenvalue weighted by atomic mass is 9.89. The number of nitrogens with two attached hydrogens (primary N) is 1. The van der Waals surface area contributed by atoms with E-state index in [1.807, 2.05) is 0 Å². The van der Waals surface area contributed by atoms with Gasteiger partial charge in [-0.3, -0.25) is 0 Å². The normalized spacial score (nSPS) is 37.1. The number of hydrogen-bond acceptors (Lipinski definition) is 4. The summed E-state index contributed by atoms with van der Waals surface area (Å²) in [6, 6.07) is 0.206. The third-order valence-corrected chi connectivity index (χ3v) is 3.51. The average Bonchev–Trinajstić information content (AvgIpc) is 2.77. The van der Waals surface area contributed by atoms with Gasteiger partial charge in [0, 0.05) is 5.92 Å². The number of nitrogen functional groups attached to an aromatic ring is 1. The van der Waals surface area contributed by atoms with E-state index in [9.17, 15) is 0 Å². The molecule has 13 heavy (non-hydrogen) atoms. The van der Waals surface area contributed by atoms with Crippen molar-refractivity contribution in [2.45, 2.75) is 31.6 Å². The van der Waals surface area contributed by atoms with Gasteiger partial charge in [0.2, 0.25) is 5.89 Å². The molecule has 1 heterocycles. The lowest BCUT2D eigenvalue weighted by molar-refractivity contribution is 0.350. The van der Waals surface area contributed by atoms with Gasteiger partial charge in [0.15, 0.2) is 0 Å². The SMILES string of the molecule is Nc1nnc(C2CC3CCC2C3)o1. The summed E-state index contributed by atoms with van der Waals surface area (Å²) in [5, 5.41) is 7.68. The third-order valence-electron chi connectivity index (χ3n) is 3.51. The number of hydrogen-bond donors (Lipinski definition) is 1. The topological polar surface area (TPSA) is 64.9 Å². The zero-order valence-electron chi connectivity index (χ0n) is 7.44. The van der Waals surface area contributed by atoms with Crippen molar-refractivity contribution < 1.29 is 4.42 Å². The third kappa shape index (κ3) is 1.04. The maximum Gasteiger partial charge on any atom is 0.312 e. The molecular weight excluding hydrogens is 166 g/mol. The van der Waals surface area contributed by atoms with Crippen LogP contribution in [0, 0.1) is 11.8 Å². The number of rotatable bonds is 1. The van der Waals surface area contributed by atoms with E-state index >= 15 is 0 Å². The predicted octanol–water partition coefficient (Wildman–Crippen LogP) is 1.56. The molecule has 2 fully saturated rings. The summed E-state index contributed by atoms with van der Waals surface area (Å²) < 4.78 is 5.28. The molecule has 3 atom stereocenters. The van der Waals surface area contributed by atoms with E-state index in [4.69, 9.17) is 10.2 Å². The van der Waals surface area contributed by atoms with E-state index in [2.05, 4.69) is 10.2 Å². The average molecular weight is 179 g/mol. The molecule has 0 amide bonds. The Hall–Kier alpha value is -1.06. The molecule has 0 aliphatic heterocycles. The van der Waals surface area contributed by atoms with E-state index in [1.54, 1.807) is 0 Å². The molecule has 0 aromatic carbocycles. The molecule has 70 valence electrons. The summed E-state index contributed by atoms with van der Waals surface area (Å²) in [6.45, 7) is 0. The summed E-state index contributed by atoms with van der Waals surface area (Å²) >= 11 is 0. The van der Waals surface area contributed by atoms with Crippen LogP contribution in [0.2, 0.25) is 0 Å². The zero-order chi connectivity index (χ0) is 8.84. The van der Waals surface area contributed by atoms with Crippen molar-refractivity contribution >= 4 is 6.01 Å². The standard InChI is InChI=1S/C9H13N3O/c10-9-12-11-8(13-9)7-4-5-1-2-6(7)3-5/h5-7H,1-4H2,(H2,10,12). The largest absolute Gasteiger partial charge is 0.408 e. The van der Waals surface area contributed by atoms with Gasteiger partial charge >= 0.3 is 6.01 Å². The van der Waals surface area contributed by atoms with Crippen LogP contribution >= 0.6 is 0 Å². The molecule has 3 unspecified atom stereocenters. The van der Waals surface area contributed by atoms with Gasteiger partial charge in [-0.25, -0.2) is 0 Å². The van der Waals surface area contributed by atoms with Gasteiger partial charge in [-0.15, -0.1) is 5.10 Å². The molecule has 0 saturated heterocycles. The Morgan fingerprint density at radius 1 is 1.23 bits per heavy atom. The lowest BCUT2D eigenvalue weighted by Crippen LogP contribution is -2.08. The molecule has 3 rings (SSSR count). The van der Waals surface area contributed by atoms with Crippen molar-refractivity contribution in [2.75, 3.05) is 5.73 Å². The van der Waals surface area contributed by atoms with Crippen LogP contribution in [0.4, 0.5) is 6.01 Å². The van der Waals surface area contributed by atoms with E-state index < -0.39 is 0 Å². The summed E-state index contributed by atoms with van der Waals surface area (Å²) in [5.74, 6) is 2.96. The first-order valence-electron chi connectivity index (χ1n) is 4.92. The van der Waals surface area contributed by atoms with Gasteiger partial charge in [-0.1, -0.05) is 11.5 Å². The van der Waals surface area contributed by atoms with Gasteiger partial charge in [-0.2, -0.15) is 0 Å². The van der Waals surface area contributed by atoms with Gasteiger partial charge in [0.1, 0.15) is 0 Å². The van der Waals surface area contributed by atoms with Crippen LogP contribution in [0.15, 0.2) is 4.42 Å². The highest BCUT2D eigenvalue weighted by Crippen LogP contribution is 2.52. The molecule has 0 spiro atoms. The molecule has 2 N–H and O–H groups in total. The Labute approximate surface area is 76.5 Å². The van der Waals surface area contributed by atoms with Gasteiger partial charge in [0.05, 0.1) is 0 Å². The predicted molar refractivity (Wildman–Crippen MR) is 46.9 cm³/mol. The summed E-state index contributed by atoms with van der Waals surface area (Å²) in [6.07, 6.45) is 5.31. The molecule has 4 heteroatoms. The summed E-state index contributed by atoms with van der Waals surface area (Å²) in [7, 11) is 0. The lowest BCUT2D eigenvalue weighted by Gasteiger charge is -2.17. The Morgan fingerprint density at radius 2 is 2.15 bits per heavy atom. The quantitative estimate of drug-likeness (QED) is 0.710. The minimum Gasteiger partial charge on any atom is -0.408 e. The molecule has 1 aromatic rings. The first kappa shape index (κ1) is 7.35. The first-order valence-corrected chi connectivity index (χ1v) is 4.92. The number of nitrogens with zero attached hydrogens (tertiary/aromatic N) is 2. The van der Waals surface area contributed by atoms with E-state index in [0.29, 0.717) is 5.92 Å². The zero-order valence-corrected chi connectivity index (χ0v) is 7.44. The van der Waals surface area contributed by atoms with E-state index in [1.165, 1.54) is 25.7 Å². The second kappa shape index (κ2) is 2.47. The Bertz CT molecular complexity index is 322. The first-order chi connectivity index (χ1) is 6.33. The second-order valence-electron chi connectivity index (χ2n) is 4.26. The Kier molecular flexibility index (Phi) is 1.39. The second-order valence-corrected chi connectivity index (χ2v) is 4.26. The molecule has 4 nitrogen and oxygen atoms in total. The van der Waals surface area contributed by atoms with Crippen LogP contribution in [0.25, 0.3) is 0 Å². The van der Waals surface area contributed by atoms with Crippen LogP contribution in [0.1, 0.15) is 37.5 Å². The van der Waals surface area contributed by atoms with Crippen LogP contribution in [-0.4, -0.2) is 10.2 Å². The van der Waals surface area contributed by atoms with Gasteiger partial charge in [-0.05, 0) is 31.1 Å². The maximum absolute atomic E-state index is 5.40.